The molecule has 0 aliphatic carbocycles. The molecule has 0 bridgehead atoms. The van der Waals surface area contributed by atoms with Gasteiger partial charge < -0.3 is 5.32 Å². The Morgan fingerprint density at radius 3 is 3.00 bits per heavy atom. The molecule has 1 unspecified atom stereocenters. The van der Waals surface area contributed by atoms with Gasteiger partial charge in [0.15, 0.2) is 0 Å². The van der Waals surface area contributed by atoms with Crippen molar-refractivity contribution in [3.63, 3.8) is 0 Å². The van der Waals surface area contributed by atoms with Gasteiger partial charge in [0.05, 0.1) is 6.04 Å². The molecule has 0 saturated heterocycles. The molecule has 0 aliphatic heterocycles. The van der Waals surface area contributed by atoms with Crippen molar-refractivity contribution in [2.24, 2.45) is 0 Å². The lowest BCUT2D eigenvalue weighted by Crippen LogP contribution is -2.10. The van der Waals surface area contributed by atoms with Crippen molar-refractivity contribution in [2.45, 2.75) is 19.4 Å². The second kappa shape index (κ2) is 5.41. The van der Waals surface area contributed by atoms with E-state index < -0.39 is 0 Å². The minimum absolute atomic E-state index is 0.238. The van der Waals surface area contributed by atoms with E-state index in [1.807, 2.05) is 29.8 Å². The SMILES string of the molecule is CCC(Nc1cccc(Br)n1)c1nccs1. The summed E-state index contributed by atoms with van der Waals surface area (Å²) >= 11 is 5.02. The summed E-state index contributed by atoms with van der Waals surface area (Å²) in [4.78, 5) is 8.68. The van der Waals surface area contributed by atoms with Gasteiger partial charge in [-0.3, -0.25) is 0 Å². The summed E-state index contributed by atoms with van der Waals surface area (Å²) in [6.07, 6.45) is 2.82. The lowest BCUT2D eigenvalue weighted by atomic mass is 10.2. The first-order valence-corrected chi connectivity index (χ1v) is 6.75. The van der Waals surface area contributed by atoms with Crippen molar-refractivity contribution in [1.29, 1.82) is 0 Å². The van der Waals surface area contributed by atoms with Crippen LogP contribution in [0.5, 0.6) is 0 Å². The largest absolute Gasteiger partial charge is 0.361 e. The maximum absolute atomic E-state index is 4.35. The van der Waals surface area contributed by atoms with Gasteiger partial charge in [-0.1, -0.05) is 13.0 Å². The molecule has 1 atom stereocenters. The Balaban J connectivity index is 2.13. The molecule has 3 nitrogen and oxygen atoms in total. The molecular formula is C11H12BrN3S. The molecule has 0 aliphatic rings. The molecule has 2 rings (SSSR count). The highest BCUT2D eigenvalue weighted by Crippen LogP contribution is 2.23. The van der Waals surface area contributed by atoms with E-state index in [0.717, 1.165) is 21.8 Å². The number of halogens is 1. The third-order valence-electron chi connectivity index (χ3n) is 2.19. The average Bonchev–Trinajstić information content (AvgIpc) is 2.79. The number of nitrogens with zero attached hydrogens (tertiary/aromatic N) is 2. The first-order valence-electron chi connectivity index (χ1n) is 5.08. The Morgan fingerprint density at radius 1 is 1.50 bits per heavy atom. The van der Waals surface area contributed by atoms with Gasteiger partial charge in [0, 0.05) is 11.6 Å². The molecule has 5 heteroatoms. The quantitative estimate of drug-likeness (QED) is 0.871. The number of anilines is 1. The summed E-state index contributed by atoms with van der Waals surface area (Å²) in [5.74, 6) is 0.872. The first-order chi connectivity index (χ1) is 7.79. The van der Waals surface area contributed by atoms with Crippen molar-refractivity contribution in [2.75, 3.05) is 5.32 Å². The number of thiazole rings is 1. The summed E-state index contributed by atoms with van der Waals surface area (Å²) < 4.78 is 0.839. The van der Waals surface area contributed by atoms with E-state index in [-0.39, 0.29) is 6.04 Å². The zero-order valence-electron chi connectivity index (χ0n) is 8.85. The zero-order valence-corrected chi connectivity index (χ0v) is 11.3. The van der Waals surface area contributed by atoms with Gasteiger partial charge in [0.1, 0.15) is 15.4 Å². The monoisotopic (exact) mass is 297 g/mol. The average molecular weight is 298 g/mol. The van der Waals surface area contributed by atoms with Gasteiger partial charge in [-0.25, -0.2) is 9.97 Å². The molecule has 16 heavy (non-hydrogen) atoms. The van der Waals surface area contributed by atoms with Crippen LogP contribution in [0.4, 0.5) is 5.82 Å². The molecule has 2 aromatic rings. The highest BCUT2D eigenvalue weighted by atomic mass is 79.9. The van der Waals surface area contributed by atoms with E-state index in [2.05, 4.69) is 38.1 Å². The fourth-order valence-electron chi connectivity index (χ4n) is 1.41. The van der Waals surface area contributed by atoms with Crippen LogP contribution in [0.1, 0.15) is 24.4 Å². The number of pyridine rings is 1. The lowest BCUT2D eigenvalue weighted by molar-refractivity contribution is 0.737. The molecule has 0 amide bonds. The minimum atomic E-state index is 0.238. The predicted molar refractivity (Wildman–Crippen MR) is 70.7 cm³/mol. The normalized spacial score (nSPS) is 12.4. The molecule has 0 fully saturated rings. The van der Waals surface area contributed by atoms with Crippen LogP contribution in [0, 0.1) is 0 Å². The molecule has 0 radical (unpaired) electrons. The fourth-order valence-corrected chi connectivity index (χ4v) is 2.53. The molecular weight excluding hydrogens is 286 g/mol. The summed E-state index contributed by atoms with van der Waals surface area (Å²) in [5.41, 5.74) is 0. The second-order valence-electron chi connectivity index (χ2n) is 3.32. The molecule has 0 spiro atoms. The fraction of sp³-hybridized carbons (Fsp3) is 0.273. The highest BCUT2D eigenvalue weighted by Gasteiger charge is 2.11. The van der Waals surface area contributed by atoms with Gasteiger partial charge in [0.2, 0.25) is 0 Å². The Morgan fingerprint density at radius 2 is 2.38 bits per heavy atom. The Labute approximate surface area is 107 Å². The van der Waals surface area contributed by atoms with Crippen LogP contribution in [-0.4, -0.2) is 9.97 Å². The Hall–Kier alpha value is -0.940. The minimum Gasteiger partial charge on any atom is -0.361 e. The van der Waals surface area contributed by atoms with E-state index in [1.54, 1.807) is 11.3 Å². The second-order valence-corrected chi connectivity index (χ2v) is 5.06. The molecule has 84 valence electrons. The van der Waals surface area contributed by atoms with E-state index >= 15 is 0 Å². The number of aromatic nitrogens is 2. The summed E-state index contributed by atoms with van der Waals surface area (Å²) in [6, 6.07) is 6.08. The van der Waals surface area contributed by atoms with Crippen LogP contribution in [0.25, 0.3) is 0 Å². The van der Waals surface area contributed by atoms with Crippen LogP contribution in [-0.2, 0) is 0 Å². The lowest BCUT2D eigenvalue weighted by Gasteiger charge is -2.14. The van der Waals surface area contributed by atoms with Crippen LogP contribution >= 0.6 is 27.3 Å². The molecule has 2 aromatic heterocycles. The van der Waals surface area contributed by atoms with Gasteiger partial charge in [-0.15, -0.1) is 11.3 Å². The zero-order chi connectivity index (χ0) is 11.4. The molecule has 2 heterocycles. The summed E-state index contributed by atoms with van der Waals surface area (Å²) in [7, 11) is 0. The molecule has 0 saturated carbocycles. The Bertz CT molecular complexity index is 444. The van der Waals surface area contributed by atoms with E-state index in [9.17, 15) is 0 Å². The van der Waals surface area contributed by atoms with E-state index in [0.29, 0.717) is 0 Å². The smallest absolute Gasteiger partial charge is 0.127 e. The van der Waals surface area contributed by atoms with Gasteiger partial charge >= 0.3 is 0 Å². The number of hydrogen-bond acceptors (Lipinski definition) is 4. The highest BCUT2D eigenvalue weighted by molar-refractivity contribution is 9.10. The first kappa shape index (κ1) is 11.5. The van der Waals surface area contributed by atoms with Crippen LogP contribution in [0.2, 0.25) is 0 Å². The van der Waals surface area contributed by atoms with Gasteiger partial charge in [-0.2, -0.15) is 0 Å². The van der Waals surface area contributed by atoms with Crippen LogP contribution in [0.3, 0.4) is 0 Å². The third-order valence-corrected chi connectivity index (χ3v) is 3.53. The maximum atomic E-state index is 4.35. The topological polar surface area (TPSA) is 37.8 Å². The molecule has 0 aromatic carbocycles. The van der Waals surface area contributed by atoms with Crippen molar-refractivity contribution >= 4 is 33.1 Å². The Kier molecular flexibility index (Phi) is 3.90. The summed E-state index contributed by atoms with van der Waals surface area (Å²) in [6.45, 7) is 2.14. The molecule has 1 N–H and O–H groups in total. The standard InChI is InChI=1S/C11H12BrN3S/c1-2-8(11-13-6-7-16-11)14-10-5-3-4-9(12)15-10/h3-8H,2H2,1H3,(H,14,15). The van der Waals surface area contributed by atoms with Crippen molar-refractivity contribution in [1.82, 2.24) is 9.97 Å². The number of nitrogens with one attached hydrogen (secondary N) is 1. The van der Waals surface area contributed by atoms with Crippen LogP contribution in [0.15, 0.2) is 34.4 Å². The van der Waals surface area contributed by atoms with Crippen molar-refractivity contribution < 1.29 is 0 Å². The summed E-state index contributed by atoms with van der Waals surface area (Å²) in [5, 5.41) is 6.47. The van der Waals surface area contributed by atoms with Gasteiger partial charge in [0.25, 0.3) is 0 Å². The van der Waals surface area contributed by atoms with E-state index in [1.165, 1.54) is 0 Å². The van der Waals surface area contributed by atoms with Crippen LogP contribution < -0.4 is 5.32 Å². The maximum Gasteiger partial charge on any atom is 0.127 e. The van der Waals surface area contributed by atoms with Crippen molar-refractivity contribution in [3.05, 3.63) is 39.4 Å². The number of rotatable bonds is 4. The third kappa shape index (κ3) is 2.80. The van der Waals surface area contributed by atoms with Crippen molar-refractivity contribution in [3.8, 4) is 0 Å². The van der Waals surface area contributed by atoms with Gasteiger partial charge in [-0.05, 0) is 34.5 Å². The number of hydrogen-bond donors (Lipinski definition) is 1. The van der Waals surface area contributed by atoms with E-state index in [4.69, 9.17) is 0 Å². The predicted octanol–water partition coefficient (Wildman–Crippen LogP) is 3.86.